The molecule has 0 aliphatic carbocycles. The van der Waals surface area contributed by atoms with E-state index in [4.69, 9.17) is 4.74 Å². The van der Waals surface area contributed by atoms with Gasteiger partial charge in [-0.1, -0.05) is 36.4 Å². The molecule has 1 aliphatic heterocycles. The first-order chi connectivity index (χ1) is 21.9. The molecule has 0 spiro atoms. The number of carbonyl (C=O) groups is 2. The Bertz CT molecular complexity index is 1780. The average Bonchev–Trinajstić information content (AvgIpc) is 2.98. The molecule has 0 N–H and O–H groups in total. The normalized spacial score (nSPS) is 17.6. The minimum absolute atomic E-state index is 0.0852. The molecule has 9 nitrogen and oxygen atoms in total. The minimum atomic E-state index is -5.89. The third kappa shape index (κ3) is 9.31. The molecule has 0 bridgehead atoms. The third-order valence-corrected chi connectivity index (χ3v) is 9.67. The molecule has 1 aliphatic rings. The van der Waals surface area contributed by atoms with Gasteiger partial charge in [-0.05, 0) is 85.2 Å². The number of rotatable bonds is 14. The lowest BCUT2D eigenvalue weighted by Crippen LogP contribution is -2.55. The highest BCUT2D eigenvalue weighted by molar-refractivity contribution is 7.90. The zero-order chi connectivity index (χ0) is 34.6. The van der Waals surface area contributed by atoms with Crippen molar-refractivity contribution in [1.82, 2.24) is 0 Å². The summed E-state index contributed by atoms with van der Waals surface area (Å²) in [6.07, 6.45) is 2.60. The van der Waals surface area contributed by atoms with E-state index < -0.39 is 61.1 Å². The molecule has 1 fully saturated rings. The van der Waals surface area contributed by atoms with Crippen LogP contribution in [0.25, 0.3) is 0 Å². The summed E-state index contributed by atoms with van der Waals surface area (Å²) in [6, 6.07) is 16.8. The van der Waals surface area contributed by atoms with Gasteiger partial charge in [0.1, 0.15) is 27.5 Å². The largest absolute Gasteiger partial charge is 0.534 e. The number of benzene rings is 3. The summed E-state index contributed by atoms with van der Waals surface area (Å²) in [6.45, 7) is 1.23. The first-order valence-electron chi connectivity index (χ1n) is 14.6. The number of sulfone groups is 1. The number of anilines is 1. The third-order valence-electron chi connectivity index (χ3n) is 7.66. The lowest BCUT2D eigenvalue weighted by atomic mass is 9.78. The Balaban J connectivity index is 1.57. The van der Waals surface area contributed by atoms with Crippen molar-refractivity contribution in [1.29, 1.82) is 0 Å². The Morgan fingerprint density at radius 1 is 0.915 bits per heavy atom. The van der Waals surface area contributed by atoms with Crippen LogP contribution in [0.4, 0.5) is 23.2 Å². The second kappa shape index (κ2) is 14.4. The van der Waals surface area contributed by atoms with Crippen LogP contribution in [0.1, 0.15) is 61.4 Å². The van der Waals surface area contributed by atoms with Gasteiger partial charge in [-0.3, -0.25) is 9.59 Å². The van der Waals surface area contributed by atoms with Crippen LogP contribution in [0.15, 0.2) is 72.8 Å². The van der Waals surface area contributed by atoms with Gasteiger partial charge in [-0.25, -0.2) is 12.8 Å². The summed E-state index contributed by atoms with van der Waals surface area (Å²) >= 11 is 0. The Hall–Kier alpha value is -3.98. The first-order valence-corrected chi connectivity index (χ1v) is 18.1. The molecule has 15 heteroatoms. The van der Waals surface area contributed by atoms with Crippen LogP contribution in [-0.4, -0.2) is 46.2 Å². The van der Waals surface area contributed by atoms with Gasteiger partial charge < -0.3 is 13.8 Å². The molecule has 47 heavy (non-hydrogen) atoms. The summed E-state index contributed by atoms with van der Waals surface area (Å²) in [4.78, 5) is 26.9. The number of esters is 1. The van der Waals surface area contributed by atoms with Crippen LogP contribution in [0, 0.1) is 11.7 Å². The number of unbranched alkanes of at least 4 members (excludes halogenated alkanes) is 1. The molecule has 3 atom stereocenters. The van der Waals surface area contributed by atoms with Gasteiger partial charge >= 0.3 is 21.6 Å². The summed E-state index contributed by atoms with van der Waals surface area (Å²) < 4.78 is 107. The summed E-state index contributed by atoms with van der Waals surface area (Å²) in [5.41, 5.74) is -3.13. The van der Waals surface area contributed by atoms with Crippen LogP contribution >= 0.6 is 0 Å². The molecular weight excluding hydrogens is 666 g/mol. The topological polar surface area (TPSA) is 124 Å². The highest BCUT2D eigenvalue weighted by Gasteiger charge is 2.50. The quantitative estimate of drug-likeness (QED) is 0.0486. The highest BCUT2D eigenvalue weighted by Crippen LogP contribution is 2.47. The molecule has 1 heterocycles. The molecule has 254 valence electrons. The van der Waals surface area contributed by atoms with Crippen molar-refractivity contribution in [2.24, 2.45) is 5.92 Å². The van der Waals surface area contributed by atoms with Crippen LogP contribution in [0.5, 0.6) is 5.75 Å². The van der Waals surface area contributed by atoms with Crippen molar-refractivity contribution in [2.75, 3.05) is 16.9 Å². The van der Waals surface area contributed by atoms with E-state index >= 15 is 0 Å². The molecule has 4 rings (SSSR count). The predicted molar refractivity (Wildman–Crippen MR) is 165 cm³/mol. The zero-order valence-corrected chi connectivity index (χ0v) is 27.1. The first kappa shape index (κ1) is 35.9. The fraction of sp³-hybridized carbons (Fsp3) is 0.375. The second-order valence-corrected chi connectivity index (χ2v) is 15.1. The average molecular weight is 700 g/mol. The number of hydrogen-bond donors (Lipinski definition) is 0. The number of carbonyl (C=O) groups excluding carboxylic acids is 2. The number of nitrogens with zero attached hydrogens (tertiary/aromatic N) is 1. The SMILES string of the molecule is CC(=O)O[C@@H](CCC1C(=O)N(c2ccc(CCCCS(C)(=O)=O)cc2)[C@@H]1c1ccc(OS(=O)(=O)C(F)(F)F)cc1)c1ccc(F)cc1. The predicted octanol–water partition coefficient (Wildman–Crippen LogP) is 6.21. The van der Waals surface area contributed by atoms with E-state index in [-0.39, 0.29) is 24.5 Å². The summed E-state index contributed by atoms with van der Waals surface area (Å²) in [5, 5.41) is 0. The van der Waals surface area contributed by atoms with Crippen molar-refractivity contribution in [3.63, 3.8) is 0 Å². The lowest BCUT2D eigenvalue weighted by Gasteiger charge is -2.48. The Morgan fingerprint density at radius 3 is 2.09 bits per heavy atom. The maximum Gasteiger partial charge on any atom is 0.534 e. The lowest BCUT2D eigenvalue weighted by molar-refractivity contribution is -0.147. The van der Waals surface area contributed by atoms with Crippen LogP contribution in [0.2, 0.25) is 0 Å². The number of amides is 1. The number of β-lactam (4-membered cyclic amide) rings is 1. The molecular formula is C32H33F4NO8S2. The Morgan fingerprint density at radius 2 is 1.53 bits per heavy atom. The Kier molecular flexibility index (Phi) is 11.0. The van der Waals surface area contributed by atoms with Crippen molar-refractivity contribution < 1.29 is 52.9 Å². The number of ether oxygens (including phenoxy) is 1. The second-order valence-electron chi connectivity index (χ2n) is 11.3. The standard InChI is InChI=1S/C32H33F4NO8S2/c1-21(38)44-29(23-8-12-25(33)13-9-23)19-18-28-30(24-10-16-27(17-11-24)45-47(42,43)32(34,35)36)37(31(28)39)26-14-6-22(7-15-26)5-3-4-20-46(2,40)41/h6-17,28-30H,3-5,18-20H2,1-2H3/t28?,29-,30+/m0/s1. The van der Waals surface area contributed by atoms with E-state index in [1.54, 1.807) is 12.1 Å². The van der Waals surface area contributed by atoms with E-state index in [2.05, 4.69) is 4.18 Å². The van der Waals surface area contributed by atoms with E-state index in [1.807, 2.05) is 12.1 Å². The van der Waals surface area contributed by atoms with Gasteiger partial charge in [0.15, 0.2) is 0 Å². The minimum Gasteiger partial charge on any atom is -0.458 e. The van der Waals surface area contributed by atoms with Crippen LogP contribution < -0.4 is 9.08 Å². The molecule has 0 saturated carbocycles. The number of hydrogen-bond acceptors (Lipinski definition) is 8. The van der Waals surface area contributed by atoms with Crippen LogP contribution in [-0.2, 0) is 40.7 Å². The number of halogens is 4. The van der Waals surface area contributed by atoms with Gasteiger partial charge in [0.25, 0.3) is 0 Å². The molecule has 0 aromatic heterocycles. The molecule has 0 radical (unpaired) electrons. The maximum absolute atomic E-state index is 13.6. The van der Waals surface area contributed by atoms with Gasteiger partial charge in [-0.15, -0.1) is 0 Å². The zero-order valence-electron chi connectivity index (χ0n) is 25.4. The molecule has 1 amide bonds. The van der Waals surface area contributed by atoms with Crippen molar-refractivity contribution in [2.45, 2.75) is 56.7 Å². The van der Waals surface area contributed by atoms with Crippen molar-refractivity contribution >= 4 is 37.5 Å². The van der Waals surface area contributed by atoms with Crippen molar-refractivity contribution in [3.8, 4) is 5.75 Å². The molecule has 1 saturated heterocycles. The van der Waals surface area contributed by atoms with Gasteiger partial charge in [0.2, 0.25) is 5.91 Å². The summed E-state index contributed by atoms with van der Waals surface area (Å²) in [5.74, 6) is -2.45. The van der Waals surface area contributed by atoms with Crippen molar-refractivity contribution in [3.05, 3.63) is 95.3 Å². The number of alkyl halides is 3. The van der Waals surface area contributed by atoms with Gasteiger partial charge in [0.05, 0.1) is 12.0 Å². The number of aryl methyl sites for hydroxylation is 1. The molecule has 3 aromatic rings. The van der Waals surface area contributed by atoms with E-state index in [0.717, 1.165) is 17.7 Å². The monoisotopic (exact) mass is 699 g/mol. The van der Waals surface area contributed by atoms with E-state index in [1.165, 1.54) is 54.5 Å². The molecule has 1 unspecified atom stereocenters. The van der Waals surface area contributed by atoms with E-state index in [9.17, 15) is 44.0 Å². The van der Waals surface area contributed by atoms with Gasteiger partial charge in [-0.2, -0.15) is 21.6 Å². The molecule has 3 aromatic carbocycles. The fourth-order valence-electron chi connectivity index (χ4n) is 5.41. The smallest absolute Gasteiger partial charge is 0.458 e. The van der Waals surface area contributed by atoms with E-state index in [0.29, 0.717) is 36.1 Å². The fourth-order valence-corrected chi connectivity index (χ4v) is 6.60. The van der Waals surface area contributed by atoms with Gasteiger partial charge in [0, 0.05) is 24.6 Å². The maximum atomic E-state index is 13.6. The Labute approximate surface area is 270 Å². The summed E-state index contributed by atoms with van der Waals surface area (Å²) in [7, 11) is -8.95. The highest BCUT2D eigenvalue weighted by atomic mass is 32.2. The van der Waals surface area contributed by atoms with Crippen LogP contribution in [0.3, 0.4) is 0 Å².